The van der Waals surface area contributed by atoms with Gasteiger partial charge in [-0.2, -0.15) is 0 Å². The number of carbonyl (C=O) groups is 3. The van der Waals surface area contributed by atoms with Gasteiger partial charge in [-0.15, -0.1) is 0 Å². The van der Waals surface area contributed by atoms with Gasteiger partial charge in [-0.3, -0.25) is 14.4 Å². The predicted molar refractivity (Wildman–Crippen MR) is 127 cm³/mol. The third-order valence-electron chi connectivity index (χ3n) is 4.36. The second-order valence-electron chi connectivity index (χ2n) is 6.94. The molecule has 3 aromatic rings. The Kier molecular flexibility index (Phi) is 7.99. The first-order chi connectivity index (χ1) is 15.4. The quantitative estimate of drug-likeness (QED) is 0.437. The van der Waals surface area contributed by atoms with E-state index in [4.69, 9.17) is 4.74 Å². The van der Waals surface area contributed by atoms with E-state index in [1.54, 1.807) is 60.7 Å². The molecule has 7 nitrogen and oxygen atoms in total. The van der Waals surface area contributed by atoms with E-state index < -0.39 is 5.91 Å². The Hall–Kier alpha value is -3.65. The molecule has 3 amide bonds. The van der Waals surface area contributed by atoms with E-state index in [2.05, 4.69) is 31.9 Å². The van der Waals surface area contributed by atoms with Gasteiger partial charge in [0.15, 0.2) is 6.61 Å². The van der Waals surface area contributed by atoms with E-state index in [9.17, 15) is 14.4 Å². The predicted octanol–water partition coefficient (Wildman–Crippen LogP) is 4.14. The number of anilines is 2. The van der Waals surface area contributed by atoms with Crippen LogP contribution in [0.4, 0.5) is 11.4 Å². The van der Waals surface area contributed by atoms with Crippen LogP contribution in [0.2, 0.25) is 0 Å². The van der Waals surface area contributed by atoms with Gasteiger partial charge in [0.05, 0.1) is 12.1 Å². The molecule has 0 spiro atoms. The minimum absolute atomic E-state index is 0.211. The highest BCUT2D eigenvalue weighted by molar-refractivity contribution is 9.10. The van der Waals surface area contributed by atoms with Crippen molar-refractivity contribution in [1.29, 1.82) is 0 Å². The van der Waals surface area contributed by atoms with Gasteiger partial charge in [0.2, 0.25) is 5.91 Å². The van der Waals surface area contributed by atoms with Gasteiger partial charge in [-0.25, -0.2) is 0 Å². The standard InChI is InChI=1S/C24H22BrN3O4/c1-16-6-10-18(11-7-16)28-23(30)15-32-21-5-3-2-4-20(21)24(31)26-14-22(29)27-19-12-8-17(25)9-13-19/h2-13H,14-15H2,1H3,(H,26,31)(H,27,29)(H,28,30). The van der Waals surface area contributed by atoms with Gasteiger partial charge >= 0.3 is 0 Å². The first kappa shape index (κ1) is 23.0. The normalized spacial score (nSPS) is 10.2. The van der Waals surface area contributed by atoms with Crippen LogP contribution < -0.4 is 20.7 Å². The first-order valence-electron chi connectivity index (χ1n) is 9.82. The lowest BCUT2D eigenvalue weighted by Gasteiger charge is -2.12. The highest BCUT2D eigenvalue weighted by Gasteiger charge is 2.14. The zero-order valence-corrected chi connectivity index (χ0v) is 18.9. The van der Waals surface area contributed by atoms with Crippen LogP contribution in [0.1, 0.15) is 15.9 Å². The Morgan fingerprint density at radius 1 is 0.812 bits per heavy atom. The Morgan fingerprint density at radius 2 is 1.41 bits per heavy atom. The van der Waals surface area contributed by atoms with E-state index in [0.29, 0.717) is 11.4 Å². The van der Waals surface area contributed by atoms with Crippen molar-refractivity contribution in [3.63, 3.8) is 0 Å². The summed E-state index contributed by atoms with van der Waals surface area (Å²) in [5.74, 6) is -0.947. The topological polar surface area (TPSA) is 96.5 Å². The lowest BCUT2D eigenvalue weighted by Crippen LogP contribution is -2.33. The molecule has 0 aliphatic carbocycles. The van der Waals surface area contributed by atoms with Gasteiger partial charge in [0.25, 0.3) is 11.8 Å². The molecule has 0 atom stereocenters. The molecule has 0 aliphatic rings. The third kappa shape index (κ3) is 6.95. The van der Waals surface area contributed by atoms with Gasteiger partial charge in [0, 0.05) is 15.8 Å². The molecule has 3 rings (SSSR count). The van der Waals surface area contributed by atoms with Crippen LogP contribution in [0.25, 0.3) is 0 Å². The summed E-state index contributed by atoms with van der Waals surface area (Å²) in [6.45, 7) is 1.49. The maximum absolute atomic E-state index is 12.6. The Morgan fingerprint density at radius 3 is 2.09 bits per heavy atom. The molecule has 0 heterocycles. The van der Waals surface area contributed by atoms with Crippen LogP contribution in [0.15, 0.2) is 77.3 Å². The Bertz CT molecular complexity index is 1100. The van der Waals surface area contributed by atoms with Crippen molar-refractivity contribution in [1.82, 2.24) is 5.32 Å². The maximum atomic E-state index is 12.6. The lowest BCUT2D eigenvalue weighted by molar-refractivity contribution is -0.118. The number of benzene rings is 3. The molecule has 0 radical (unpaired) electrons. The SMILES string of the molecule is Cc1ccc(NC(=O)COc2ccccc2C(=O)NCC(=O)Nc2ccc(Br)cc2)cc1. The smallest absolute Gasteiger partial charge is 0.262 e. The number of carbonyl (C=O) groups excluding carboxylic acids is 3. The number of rotatable bonds is 8. The molecule has 32 heavy (non-hydrogen) atoms. The summed E-state index contributed by atoms with van der Waals surface area (Å²) in [6, 6.07) is 21.0. The van der Waals surface area contributed by atoms with Crippen molar-refractivity contribution in [2.24, 2.45) is 0 Å². The van der Waals surface area contributed by atoms with Gasteiger partial charge in [0.1, 0.15) is 5.75 Å². The number of amides is 3. The van der Waals surface area contributed by atoms with E-state index in [-0.39, 0.29) is 36.3 Å². The molecular formula is C24H22BrN3O4. The number of nitrogens with one attached hydrogen (secondary N) is 3. The van der Waals surface area contributed by atoms with Crippen molar-refractivity contribution in [2.75, 3.05) is 23.8 Å². The molecule has 3 aromatic carbocycles. The number of ether oxygens (including phenoxy) is 1. The van der Waals surface area contributed by atoms with E-state index >= 15 is 0 Å². The zero-order valence-electron chi connectivity index (χ0n) is 17.4. The van der Waals surface area contributed by atoms with Crippen LogP contribution >= 0.6 is 15.9 Å². The first-order valence-corrected chi connectivity index (χ1v) is 10.6. The molecule has 164 valence electrons. The molecule has 0 saturated carbocycles. The summed E-state index contributed by atoms with van der Waals surface area (Å²) in [5.41, 5.74) is 2.60. The summed E-state index contributed by atoms with van der Waals surface area (Å²) in [7, 11) is 0. The molecule has 0 bridgehead atoms. The average molecular weight is 496 g/mol. The summed E-state index contributed by atoms with van der Waals surface area (Å²) in [6.07, 6.45) is 0. The number of para-hydroxylation sites is 1. The minimum Gasteiger partial charge on any atom is -0.483 e. The second kappa shape index (κ2) is 11.1. The van der Waals surface area contributed by atoms with Gasteiger partial charge < -0.3 is 20.7 Å². The van der Waals surface area contributed by atoms with Crippen molar-refractivity contribution in [3.05, 3.63) is 88.4 Å². The van der Waals surface area contributed by atoms with Crippen molar-refractivity contribution >= 4 is 45.0 Å². The molecule has 0 saturated heterocycles. The zero-order chi connectivity index (χ0) is 22.9. The van der Waals surface area contributed by atoms with Crippen molar-refractivity contribution in [3.8, 4) is 5.75 Å². The maximum Gasteiger partial charge on any atom is 0.262 e. The fourth-order valence-corrected chi connectivity index (χ4v) is 3.02. The summed E-state index contributed by atoms with van der Waals surface area (Å²) in [5, 5.41) is 8.00. The van der Waals surface area contributed by atoms with Crippen LogP contribution in [-0.2, 0) is 9.59 Å². The summed E-state index contributed by atoms with van der Waals surface area (Å²) >= 11 is 3.33. The largest absolute Gasteiger partial charge is 0.483 e. The van der Waals surface area contributed by atoms with Gasteiger partial charge in [-0.05, 0) is 55.5 Å². The summed E-state index contributed by atoms with van der Waals surface area (Å²) in [4.78, 5) is 36.8. The van der Waals surface area contributed by atoms with Crippen LogP contribution in [0.5, 0.6) is 5.75 Å². The molecule has 0 fully saturated rings. The molecule has 0 unspecified atom stereocenters. The molecule has 8 heteroatoms. The minimum atomic E-state index is -0.481. The van der Waals surface area contributed by atoms with E-state index in [1.165, 1.54) is 0 Å². The lowest BCUT2D eigenvalue weighted by atomic mass is 10.2. The summed E-state index contributed by atoms with van der Waals surface area (Å²) < 4.78 is 6.45. The molecule has 0 aliphatic heterocycles. The number of hydrogen-bond acceptors (Lipinski definition) is 4. The fraction of sp³-hybridized carbons (Fsp3) is 0.125. The van der Waals surface area contributed by atoms with Gasteiger partial charge in [-0.1, -0.05) is 45.8 Å². The van der Waals surface area contributed by atoms with Crippen LogP contribution in [0, 0.1) is 6.92 Å². The average Bonchev–Trinajstić information content (AvgIpc) is 2.79. The highest BCUT2D eigenvalue weighted by atomic mass is 79.9. The highest BCUT2D eigenvalue weighted by Crippen LogP contribution is 2.18. The molecule has 0 aromatic heterocycles. The van der Waals surface area contributed by atoms with Crippen LogP contribution in [-0.4, -0.2) is 30.9 Å². The molecule has 3 N–H and O–H groups in total. The van der Waals surface area contributed by atoms with E-state index in [0.717, 1.165) is 10.0 Å². The van der Waals surface area contributed by atoms with Crippen molar-refractivity contribution in [2.45, 2.75) is 6.92 Å². The van der Waals surface area contributed by atoms with E-state index in [1.807, 2.05) is 19.1 Å². The monoisotopic (exact) mass is 495 g/mol. The van der Waals surface area contributed by atoms with Crippen molar-refractivity contribution < 1.29 is 19.1 Å². The fourth-order valence-electron chi connectivity index (χ4n) is 2.75. The molecular weight excluding hydrogens is 474 g/mol. The number of hydrogen-bond donors (Lipinski definition) is 3. The third-order valence-corrected chi connectivity index (χ3v) is 4.89. The Balaban J connectivity index is 1.52. The number of halogens is 1. The number of aryl methyl sites for hydroxylation is 1. The Labute approximate surface area is 194 Å². The van der Waals surface area contributed by atoms with Crippen LogP contribution in [0.3, 0.4) is 0 Å². The second-order valence-corrected chi connectivity index (χ2v) is 7.85.